The van der Waals surface area contributed by atoms with Crippen LogP contribution in [-0.2, 0) is 14.8 Å². The quantitative estimate of drug-likeness (QED) is 0.328. The molecular formula is C25H22N2O5S. The first-order valence-electron chi connectivity index (χ1n) is 10.2. The molecule has 8 heteroatoms. The minimum atomic E-state index is -3.74. The highest BCUT2D eigenvalue weighted by atomic mass is 32.2. The molecular weight excluding hydrogens is 440 g/mol. The van der Waals surface area contributed by atoms with E-state index in [-0.39, 0.29) is 16.2 Å². The Morgan fingerprint density at radius 1 is 0.909 bits per heavy atom. The molecule has 7 nitrogen and oxygen atoms in total. The second-order valence-electron chi connectivity index (χ2n) is 7.62. The number of aromatic amines is 1. The molecule has 1 heterocycles. The van der Waals surface area contributed by atoms with Crippen LogP contribution >= 0.6 is 0 Å². The van der Waals surface area contributed by atoms with Gasteiger partial charge in [0, 0.05) is 42.3 Å². The molecule has 0 amide bonds. The number of aromatic nitrogens is 1. The van der Waals surface area contributed by atoms with E-state index < -0.39 is 22.1 Å². The summed E-state index contributed by atoms with van der Waals surface area (Å²) in [7, 11) is -0.918. The van der Waals surface area contributed by atoms with Crippen molar-refractivity contribution in [2.24, 2.45) is 0 Å². The van der Waals surface area contributed by atoms with Gasteiger partial charge in [-0.05, 0) is 24.3 Å². The number of Topliss-reactive ketones (excluding diaryl/α,β-unsaturated/α-hetero) is 1. The number of sulfonamides is 1. The van der Waals surface area contributed by atoms with E-state index in [9.17, 15) is 18.0 Å². The van der Waals surface area contributed by atoms with Gasteiger partial charge in [0.1, 0.15) is 0 Å². The molecule has 0 radical (unpaired) electrons. The molecule has 0 saturated heterocycles. The first kappa shape index (κ1) is 22.4. The summed E-state index contributed by atoms with van der Waals surface area (Å²) in [6, 6.07) is 21.6. The van der Waals surface area contributed by atoms with Crippen molar-refractivity contribution in [2.45, 2.75) is 11.0 Å². The maximum Gasteiger partial charge on any atom is 0.339 e. The van der Waals surface area contributed by atoms with Crippen LogP contribution in [0.1, 0.15) is 32.4 Å². The third-order valence-corrected chi connectivity index (χ3v) is 7.08. The molecule has 0 aliphatic rings. The summed E-state index contributed by atoms with van der Waals surface area (Å²) in [6.07, 6.45) is 0.396. The van der Waals surface area contributed by atoms with Crippen molar-refractivity contribution in [1.29, 1.82) is 0 Å². The molecule has 0 fully saturated rings. The van der Waals surface area contributed by atoms with Gasteiger partial charge in [-0.1, -0.05) is 54.6 Å². The predicted octanol–water partition coefficient (Wildman–Crippen LogP) is 4.20. The van der Waals surface area contributed by atoms with E-state index in [2.05, 4.69) is 4.98 Å². The fraction of sp³-hybridized carbons (Fsp3) is 0.120. The molecule has 4 aromatic rings. The summed E-state index contributed by atoms with van der Waals surface area (Å²) in [5.74, 6) is -1.18. The lowest BCUT2D eigenvalue weighted by Crippen LogP contribution is -2.23. The zero-order chi connectivity index (χ0) is 23.6. The highest BCUT2D eigenvalue weighted by Crippen LogP contribution is 2.28. The Morgan fingerprint density at radius 3 is 2.33 bits per heavy atom. The van der Waals surface area contributed by atoms with Gasteiger partial charge in [-0.25, -0.2) is 17.5 Å². The third-order valence-electron chi connectivity index (χ3n) is 5.27. The van der Waals surface area contributed by atoms with E-state index in [1.165, 1.54) is 38.4 Å². The Bertz CT molecular complexity index is 1430. The smallest absolute Gasteiger partial charge is 0.339 e. The maximum atomic E-state index is 13.5. The maximum absolute atomic E-state index is 13.5. The number of para-hydroxylation sites is 1. The number of rotatable bonds is 7. The normalized spacial score (nSPS) is 12.6. The second kappa shape index (κ2) is 9.01. The van der Waals surface area contributed by atoms with Crippen LogP contribution in [0.3, 0.4) is 0 Å². The van der Waals surface area contributed by atoms with E-state index in [0.29, 0.717) is 11.1 Å². The van der Waals surface area contributed by atoms with Gasteiger partial charge in [-0.3, -0.25) is 4.79 Å². The first-order valence-corrected chi connectivity index (χ1v) is 11.6. The summed E-state index contributed by atoms with van der Waals surface area (Å²) in [6.45, 7) is 0. The van der Waals surface area contributed by atoms with E-state index in [1.54, 1.807) is 36.5 Å². The summed E-state index contributed by atoms with van der Waals surface area (Å²) in [5.41, 5.74) is 1.74. The number of ketones is 1. The van der Waals surface area contributed by atoms with Gasteiger partial charge in [0.05, 0.1) is 10.5 Å². The Hall–Kier alpha value is -3.75. The van der Waals surface area contributed by atoms with Crippen molar-refractivity contribution in [1.82, 2.24) is 9.29 Å². The number of ether oxygens (including phenoxy) is 1. The topological polar surface area (TPSA) is 96.5 Å². The van der Waals surface area contributed by atoms with E-state index >= 15 is 0 Å². The lowest BCUT2D eigenvalue weighted by molar-refractivity contribution is 0.0280. The van der Waals surface area contributed by atoms with Gasteiger partial charge in [-0.2, -0.15) is 0 Å². The highest BCUT2D eigenvalue weighted by Gasteiger charge is 2.29. The minimum absolute atomic E-state index is 0.0329. The lowest BCUT2D eigenvalue weighted by atomic mass is 9.99. The van der Waals surface area contributed by atoms with Crippen LogP contribution in [0.5, 0.6) is 0 Å². The van der Waals surface area contributed by atoms with Crippen molar-refractivity contribution >= 4 is 32.7 Å². The van der Waals surface area contributed by atoms with Crippen LogP contribution < -0.4 is 0 Å². The summed E-state index contributed by atoms with van der Waals surface area (Å²) >= 11 is 0. The number of hydrogen-bond acceptors (Lipinski definition) is 5. The highest BCUT2D eigenvalue weighted by molar-refractivity contribution is 7.89. The summed E-state index contributed by atoms with van der Waals surface area (Å²) < 4.78 is 31.6. The second-order valence-corrected chi connectivity index (χ2v) is 9.78. The number of nitrogens with zero attached hydrogens (tertiary/aromatic N) is 1. The van der Waals surface area contributed by atoms with Crippen LogP contribution in [-0.4, -0.2) is 43.6 Å². The summed E-state index contributed by atoms with van der Waals surface area (Å²) in [4.78, 5) is 29.5. The standard InChI is InChI=1S/C25H22N2O5S/c1-27(2)33(30,31)19-12-8-11-18(15-19)25(29)32-24(17-9-4-3-5-10-17)23(28)21-16-26-22-14-7-6-13-20(21)22/h3-16,24,26H,1-2H3/t24-/m0/s1. The van der Waals surface area contributed by atoms with Crippen molar-refractivity contribution < 1.29 is 22.7 Å². The zero-order valence-electron chi connectivity index (χ0n) is 18.1. The van der Waals surface area contributed by atoms with Crippen LogP contribution in [0.4, 0.5) is 0 Å². The number of fused-ring (bicyclic) bond motifs is 1. The molecule has 0 spiro atoms. The lowest BCUT2D eigenvalue weighted by Gasteiger charge is -2.18. The molecule has 1 aromatic heterocycles. The largest absolute Gasteiger partial charge is 0.445 e. The van der Waals surface area contributed by atoms with Crippen LogP contribution in [0.2, 0.25) is 0 Å². The van der Waals surface area contributed by atoms with Gasteiger partial charge >= 0.3 is 5.97 Å². The number of esters is 1. The van der Waals surface area contributed by atoms with Crippen molar-refractivity contribution in [3.05, 3.63) is 102 Å². The fourth-order valence-electron chi connectivity index (χ4n) is 3.49. The molecule has 4 rings (SSSR count). The van der Waals surface area contributed by atoms with Crippen LogP contribution in [0, 0.1) is 0 Å². The zero-order valence-corrected chi connectivity index (χ0v) is 18.9. The van der Waals surface area contributed by atoms with E-state index in [0.717, 1.165) is 15.2 Å². The Labute approximate surface area is 191 Å². The fourth-order valence-corrected chi connectivity index (χ4v) is 4.43. The SMILES string of the molecule is CN(C)S(=O)(=O)c1cccc(C(=O)O[C@H](C(=O)c2c[nH]c3ccccc23)c2ccccc2)c1. The number of benzene rings is 3. The van der Waals surface area contributed by atoms with Gasteiger partial charge in [0.15, 0.2) is 6.10 Å². The van der Waals surface area contributed by atoms with Crippen molar-refractivity contribution in [3.8, 4) is 0 Å². The average Bonchev–Trinajstić information content (AvgIpc) is 3.26. The predicted molar refractivity (Wildman–Crippen MR) is 125 cm³/mol. The van der Waals surface area contributed by atoms with Crippen molar-refractivity contribution in [3.63, 3.8) is 0 Å². The monoisotopic (exact) mass is 462 g/mol. The van der Waals surface area contributed by atoms with E-state index in [4.69, 9.17) is 4.74 Å². The Morgan fingerprint density at radius 2 is 1.61 bits per heavy atom. The number of H-pyrrole nitrogens is 1. The average molecular weight is 463 g/mol. The number of carbonyl (C=O) groups is 2. The molecule has 33 heavy (non-hydrogen) atoms. The number of carbonyl (C=O) groups excluding carboxylic acids is 2. The van der Waals surface area contributed by atoms with Gasteiger partial charge in [0.25, 0.3) is 0 Å². The Balaban J connectivity index is 1.70. The molecule has 0 aliphatic heterocycles. The van der Waals surface area contributed by atoms with Crippen molar-refractivity contribution in [2.75, 3.05) is 14.1 Å². The molecule has 168 valence electrons. The van der Waals surface area contributed by atoms with Gasteiger partial charge in [-0.15, -0.1) is 0 Å². The third kappa shape index (κ3) is 4.44. The molecule has 1 N–H and O–H groups in total. The van der Waals surface area contributed by atoms with Crippen LogP contribution in [0.15, 0.2) is 90.0 Å². The molecule has 1 atom stereocenters. The molecule has 0 bridgehead atoms. The van der Waals surface area contributed by atoms with E-state index in [1.807, 2.05) is 24.3 Å². The molecule has 0 unspecified atom stereocenters. The molecule has 0 aliphatic carbocycles. The summed E-state index contributed by atoms with van der Waals surface area (Å²) in [5, 5.41) is 0.721. The van der Waals surface area contributed by atoms with Gasteiger partial charge in [0.2, 0.25) is 15.8 Å². The van der Waals surface area contributed by atoms with Crippen LogP contribution in [0.25, 0.3) is 10.9 Å². The number of nitrogens with one attached hydrogen (secondary N) is 1. The number of hydrogen-bond donors (Lipinski definition) is 1. The van der Waals surface area contributed by atoms with Gasteiger partial charge < -0.3 is 9.72 Å². The minimum Gasteiger partial charge on any atom is -0.445 e. The molecule has 0 saturated carbocycles. The Kier molecular flexibility index (Phi) is 6.13. The first-order chi connectivity index (χ1) is 15.8. The molecule has 3 aromatic carbocycles.